The van der Waals surface area contributed by atoms with E-state index in [0.29, 0.717) is 13.1 Å². The molecule has 0 aliphatic carbocycles. The summed E-state index contributed by atoms with van der Waals surface area (Å²) in [5.74, 6) is -0.898. The largest absolute Gasteiger partial charge is 0.360 e. The molecule has 4 rings (SSSR count). The van der Waals surface area contributed by atoms with Gasteiger partial charge in [0, 0.05) is 37.4 Å². The van der Waals surface area contributed by atoms with Crippen molar-refractivity contribution in [3.05, 3.63) is 30.1 Å². The Balaban J connectivity index is 1.56. The number of carbonyl (C=O) groups is 2. The third-order valence-corrected chi connectivity index (χ3v) is 6.00. The standard InChI is InChI=1S/C20H28N4O3/c1-6-23-11-13(9-21-23)10-22(5)17(25)15-14-7-8-20(27-14)12-24(19(2,3)4)18(26)16(15)20/h7-9,11,14-16H,6,10,12H2,1-5H3/t14-,15+,16+,20-/m0/s1. The Bertz CT molecular complexity index is 808. The third-order valence-electron chi connectivity index (χ3n) is 6.00. The molecule has 0 unspecified atom stereocenters. The number of rotatable bonds is 4. The normalized spacial score (nSPS) is 31.7. The Morgan fingerprint density at radius 2 is 2.19 bits per heavy atom. The Kier molecular flexibility index (Phi) is 4.00. The van der Waals surface area contributed by atoms with Gasteiger partial charge in [-0.15, -0.1) is 0 Å². The van der Waals surface area contributed by atoms with Crippen molar-refractivity contribution in [1.82, 2.24) is 19.6 Å². The fourth-order valence-electron chi connectivity index (χ4n) is 4.62. The number of aromatic nitrogens is 2. The summed E-state index contributed by atoms with van der Waals surface area (Å²) >= 11 is 0. The van der Waals surface area contributed by atoms with E-state index in [2.05, 4.69) is 5.10 Å². The topological polar surface area (TPSA) is 67.7 Å². The van der Waals surface area contributed by atoms with E-state index < -0.39 is 17.4 Å². The molecule has 4 heterocycles. The molecule has 0 N–H and O–H groups in total. The van der Waals surface area contributed by atoms with Gasteiger partial charge in [0.2, 0.25) is 11.8 Å². The van der Waals surface area contributed by atoms with Crippen LogP contribution in [-0.4, -0.2) is 62.2 Å². The van der Waals surface area contributed by atoms with Crippen LogP contribution in [-0.2, 0) is 27.4 Å². The molecule has 0 aromatic carbocycles. The second-order valence-electron chi connectivity index (χ2n) is 8.89. The smallest absolute Gasteiger partial charge is 0.230 e. The van der Waals surface area contributed by atoms with E-state index >= 15 is 0 Å². The molecule has 1 aromatic rings. The molecule has 7 heteroatoms. The van der Waals surface area contributed by atoms with E-state index in [1.807, 2.05) is 55.6 Å². The summed E-state index contributed by atoms with van der Waals surface area (Å²) < 4.78 is 8.04. The first kappa shape index (κ1) is 18.2. The molecule has 2 saturated heterocycles. The number of fused-ring (bicyclic) bond motifs is 1. The minimum atomic E-state index is -0.650. The highest BCUT2D eigenvalue weighted by Gasteiger charge is 2.68. The average Bonchev–Trinajstić information content (AvgIpc) is 3.34. The highest BCUT2D eigenvalue weighted by Crippen LogP contribution is 2.53. The lowest BCUT2D eigenvalue weighted by Gasteiger charge is -2.34. The van der Waals surface area contributed by atoms with Gasteiger partial charge in [-0.2, -0.15) is 5.10 Å². The lowest BCUT2D eigenvalue weighted by Crippen LogP contribution is -2.47. The Labute approximate surface area is 159 Å². The van der Waals surface area contributed by atoms with Crippen LogP contribution >= 0.6 is 0 Å². The highest BCUT2D eigenvalue weighted by atomic mass is 16.5. The lowest BCUT2D eigenvalue weighted by molar-refractivity contribution is -0.144. The fraction of sp³-hybridized carbons (Fsp3) is 0.650. The van der Waals surface area contributed by atoms with Gasteiger partial charge in [0.25, 0.3) is 0 Å². The van der Waals surface area contributed by atoms with Crippen LogP contribution in [0.1, 0.15) is 33.3 Å². The molecular formula is C20H28N4O3. The molecule has 7 nitrogen and oxygen atoms in total. The van der Waals surface area contributed by atoms with Crippen molar-refractivity contribution >= 4 is 11.8 Å². The van der Waals surface area contributed by atoms with E-state index in [1.165, 1.54) is 0 Å². The van der Waals surface area contributed by atoms with Gasteiger partial charge in [0.15, 0.2) is 0 Å². The molecule has 4 atom stereocenters. The Morgan fingerprint density at radius 3 is 2.81 bits per heavy atom. The van der Waals surface area contributed by atoms with Gasteiger partial charge >= 0.3 is 0 Å². The van der Waals surface area contributed by atoms with Gasteiger partial charge in [-0.25, -0.2) is 0 Å². The molecular weight excluding hydrogens is 344 g/mol. The highest BCUT2D eigenvalue weighted by molar-refractivity contribution is 5.93. The second-order valence-corrected chi connectivity index (χ2v) is 8.89. The van der Waals surface area contributed by atoms with Crippen LogP contribution in [0.4, 0.5) is 0 Å². The minimum absolute atomic E-state index is 0.0277. The van der Waals surface area contributed by atoms with Crippen molar-refractivity contribution < 1.29 is 14.3 Å². The van der Waals surface area contributed by atoms with Crippen LogP contribution in [0.15, 0.2) is 24.5 Å². The summed E-state index contributed by atoms with van der Waals surface area (Å²) in [6.45, 7) is 9.87. The molecule has 3 aliphatic heterocycles. The number of likely N-dealkylation sites (tertiary alicyclic amines) is 1. The van der Waals surface area contributed by atoms with Crippen molar-refractivity contribution in [3.63, 3.8) is 0 Å². The number of nitrogens with zero attached hydrogens (tertiary/aromatic N) is 4. The van der Waals surface area contributed by atoms with Crippen molar-refractivity contribution in [2.45, 2.75) is 58.0 Å². The van der Waals surface area contributed by atoms with Gasteiger partial charge < -0.3 is 14.5 Å². The predicted molar refractivity (Wildman–Crippen MR) is 99.6 cm³/mol. The van der Waals surface area contributed by atoms with Crippen molar-refractivity contribution in [2.75, 3.05) is 13.6 Å². The average molecular weight is 372 g/mol. The van der Waals surface area contributed by atoms with Gasteiger partial charge in [-0.3, -0.25) is 14.3 Å². The van der Waals surface area contributed by atoms with E-state index in [4.69, 9.17) is 4.74 Å². The molecule has 0 saturated carbocycles. The zero-order chi connectivity index (χ0) is 19.6. The Hall–Kier alpha value is -2.15. The predicted octanol–water partition coefficient (Wildman–Crippen LogP) is 1.44. The first-order valence-electron chi connectivity index (χ1n) is 9.61. The van der Waals surface area contributed by atoms with Crippen LogP contribution in [0.2, 0.25) is 0 Å². The molecule has 0 radical (unpaired) electrons. The molecule has 3 aliphatic rings. The number of hydrogen-bond acceptors (Lipinski definition) is 4. The summed E-state index contributed by atoms with van der Waals surface area (Å²) in [7, 11) is 1.79. The van der Waals surface area contributed by atoms with Gasteiger partial charge in [-0.1, -0.05) is 12.2 Å². The lowest BCUT2D eigenvalue weighted by atomic mass is 9.76. The van der Waals surface area contributed by atoms with Crippen LogP contribution in [0.3, 0.4) is 0 Å². The van der Waals surface area contributed by atoms with Crippen LogP contribution < -0.4 is 0 Å². The first-order chi connectivity index (χ1) is 12.7. The molecule has 2 fully saturated rings. The maximum absolute atomic E-state index is 13.3. The quantitative estimate of drug-likeness (QED) is 0.750. The number of aryl methyl sites for hydroxylation is 1. The summed E-state index contributed by atoms with van der Waals surface area (Å²) in [5, 5.41) is 4.27. The number of ether oxygens (including phenoxy) is 1. The SMILES string of the molecule is CCn1cc(CN(C)C(=O)[C@@H]2[C@@H]3C=C[C@@]4(CN(C(C)(C)C)C(=O)[C@@H]24)O3)cn1. The summed E-state index contributed by atoms with van der Waals surface area (Å²) in [6, 6.07) is 0. The summed E-state index contributed by atoms with van der Waals surface area (Å²) in [6.07, 6.45) is 7.38. The van der Waals surface area contributed by atoms with E-state index in [0.717, 1.165) is 12.1 Å². The number of amides is 2. The summed E-state index contributed by atoms with van der Waals surface area (Å²) in [5.41, 5.74) is 0.0410. The molecule has 27 heavy (non-hydrogen) atoms. The van der Waals surface area contributed by atoms with Gasteiger partial charge in [0.05, 0.1) is 30.7 Å². The minimum Gasteiger partial charge on any atom is -0.360 e. The Morgan fingerprint density at radius 1 is 1.44 bits per heavy atom. The van der Waals surface area contributed by atoms with E-state index in [9.17, 15) is 9.59 Å². The van der Waals surface area contributed by atoms with E-state index in [-0.39, 0.29) is 23.5 Å². The number of carbonyl (C=O) groups excluding carboxylic acids is 2. The van der Waals surface area contributed by atoms with E-state index in [1.54, 1.807) is 18.1 Å². The monoisotopic (exact) mass is 372 g/mol. The van der Waals surface area contributed by atoms with Gasteiger partial charge in [-0.05, 0) is 27.7 Å². The zero-order valence-corrected chi connectivity index (χ0v) is 16.7. The van der Waals surface area contributed by atoms with Crippen LogP contribution in [0.5, 0.6) is 0 Å². The first-order valence-corrected chi connectivity index (χ1v) is 9.61. The fourth-order valence-corrected chi connectivity index (χ4v) is 4.62. The maximum Gasteiger partial charge on any atom is 0.230 e. The van der Waals surface area contributed by atoms with Gasteiger partial charge in [0.1, 0.15) is 5.60 Å². The molecule has 1 spiro atoms. The molecule has 1 aromatic heterocycles. The zero-order valence-electron chi connectivity index (χ0n) is 16.7. The summed E-state index contributed by atoms with van der Waals surface area (Å²) in [4.78, 5) is 30.0. The van der Waals surface area contributed by atoms with Crippen molar-refractivity contribution in [1.29, 1.82) is 0 Å². The molecule has 2 bridgehead atoms. The maximum atomic E-state index is 13.3. The van der Waals surface area contributed by atoms with Crippen LogP contribution in [0.25, 0.3) is 0 Å². The van der Waals surface area contributed by atoms with Crippen LogP contribution in [0, 0.1) is 11.8 Å². The number of hydrogen-bond donors (Lipinski definition) is 0. The second kappa shape index (κ2) is 5.92. The van der Waals surface area contributed by atoms with Crippen molar-refractivity contribution in [3.8, 4) is 0 Å². The van der Waals surface area contributed by atoms with Crippen molar-refractivity contribution in [2.24, 2.45) is 11.8 Å². The molecule has 146 valence electrons. The third kappa shape index (κ3) is 2.71. The molecule has 2 amide bonds.